The molecule has 0 aliphatic carbocycles. The van der Waals surface area contributed by atoms with Crippen molar-refractivity contribution in [2.45, 2.75) is 0 Å². The third kappa shape index (κ3) is 2.63. The number of carbonyl (C=O) groups is 1. The molecular weight excluding hydrogens is 272 g/mol. The number of ketones is 1. The van der Waals surface area contributed by atoms with Gasteiger partial charge in [0.15, 0.2) is 5.78 Å². The van der Waals surface area contributed by atoms with E-state index in [2.05, 4.69) is 21.9 Å². The molecule has 0 aromatic heterocycles. The molecule has 0 atom stereocenters. The smallest absolute Gasteiger partial charge is 0.182 e. The van der Waals surface area contributed by atoms with Gasteiger partial charge in [0.1, 0.15) is 0 Å². The van der Waals surface area contributed by atoms with Crippen LogP contribution < -0.4 is 9.80 Å². The maximum atomic E-state index is 12.3. The number of hydrogen-bond acceptors (Lipinski definition) is 3. The highest BCUT2D eigenvalue weighted by Gasteiger charge is 2.24. The van der Waals surface area contributed by atoms with Crippen LogP contribution in [0.25, 0.3) is 0 Å². The summed E-state index contributed by atoms with van der Waals surface area (Å²) < 4.78 is 0. The molecule has 1 heterocycles. The van der Waals surface area contributed by atoms with Gasteiger partial charge in [-0.3, -0.25) is 4.79 Å². The number of halogens is 1. The van der Waals surface area contributed by atoms with Crippen LogP contribution in [0.3, 0.4) is 0 Å². The Kier molecular flexibility index (Phi) is 4.30. The topological polar surface area (TPSA) is 23.6 Å². The summed E-state index contributed by atoms with van der Waals surface area (Å²) in [4.78, 5) is 16.5. The van der Waals surface area contributed by atoms with E-state index in [1.807, 2.05) is 49.5 Å². The highest BCUT2D eigenvalue weighted by Crippen LogP contribution is 2.34. The fraction of sp³-hybridized carbons (Fsp3) is 0.188. The molecule has 0 N–H and O–H groups in total. The lowest BCUT2D eigenvalue weighted by Crippen LogP contribution is -2.32. The Labute approximate surface area is 125 Å². The normalized spacial score (nSPS) is 12.8. The van der Waals surface area contributed by atoms with E-state index in [1.54, 1.807) is 0 Å². The van der Waals surface area contributed by atoms with Gasteiger partial charge in [-0.1, -0.05) is 42.5 Å². The Morgan fingerprint density at radius 3 is 2.30 bits per heavy atom. The van der Waals surface area contributed by atoms with Crippen LogP contribution >= 0.6 is 12.4 Å². The quantitative estimate of drug-likeness (QED) is 0.810. The molecule has 0 saturated carbocycles. The first kappa shape index (κ1) is 14.4. The highest BCUT2D eigenvalue weighted by atomic mass is 35.5. The Morgan fingerprint density at radius 2 is 1.60 bits per heavy atom. The lowest BCUT2D eigenvalue weighted by molar-refractivity contribution is 0.0999. The summed E-state index contributed by atoms with van der Waals surface area (Å²) in [7, 11) is 2.05. The maximum absolute atomic E-state index is 12.3. The van der Waals surface area contributed by atoms with Crippen molar-refractivity contribution in [2.75, 3.05) is 30.1 Å². The van der Waals surface area contributed by atoms with Gasteiger partial charge >= 0.3 is 0 Å². The maximum Gasteiger partial charge on any atom is 0.182 e. The zero-order valence-electron chi connectivity index (χ0n) is 11.3. The van der Waals surface area contributed by atoms with Crippen molar-refractivity contribution in [3.05, 3.63) is 60.2 Å². The highest BCUT2D eigenvalue weighted by molar-refractivity contribution is 6.00. The standard InChI is InChI=1S/C16H16N2O.ClH/c1-17-12-18(15-10-6-5-9-14(15)17)11-16(19)13-7-3-2-4-8-13;/h2-10H,11-12H2,1H3;1H. The molecule has 104 valence electrons. The van der Waals surface area contributed by atoms with Gasteiger partial charge in [-0.15, -0.1) is 12.4 Å². The molecule has 0 saturated heterocycles. The molecule has 2 aromatic rings. The van der Waals surface area contributed by atoms with Gasteiger partial charge in [0.2, 0.25) is 0 Å². The molecule has 0 amide bonds. The van der Waals surface area contributed by atoms with E-state index >= 15 is 0 Å². The summed E-state index contributed by atoms with van der Waals surface area (Å²) in [5.74, 6) is 0.158. The summed E-state index contributed by atoms with van der Waals surface area (Å²) in [6.45, 7) is 1.18. The monoisotopic (exact) mass is 288 g/mol. The van der Waals surface area contributed by atoms with Crippen LogP contribution in [0.5, 0.6) is 0 Å². The summed E-state index contributed by atoms with van der Waals surface area (Å²) in [5.41, 5.74) is 3.09. The molecule has 2 aromatic carbocycles. The van der Waals surface area contributed by atoms with Crippen LogP contribution in [0.4, 0.5) is 11.4 Å². The van der Waals surface area contributed by atoms with Gasteiger partial charge in [0.05, 0.1) is 24.6 Å². The molecule has 0 spiro atoms. The van der Waals surface area contributed by atoms with Crippen molar-refractivity contribution in [1.29, 1.82) is 0 Å². The second-order valence-corrected chi connectivity index (χ2v) is 4.82. The van der Waals surface area contributed by atoms with Crippen LogP contribution in [-0.4, -0.2) is 26.0 Å². The lowest BCUT2D eigenvalue weighted by atomic mass is 10.1. The van der Waals surface area contributed by atoms with Crippen molar-refractivity contribution in [2.24, 2.45) is 0 Å². The zero-order valence-corrected chi connectivity index (χ0v) is 12.1. The Bertz CT molecular complexity index is 600. The minimum atomic E-state index is 0. The average molecular weight is 289 g/mol. The van der Waals surface area contributed by atoms with Crippen molar-refractivity contribution in [3.8, 4) is 0 Å². The molecule has 0 radical (unpaired) electrons. The number of nitrogens with zero attached hydrogens (tertiary/aromatic N) is 2. The summed E-state index contributed by atoms with van der Waals surface area (Å²) >= 11 is 0. The van der Waals surface area contributed by atoms with Crippen molar-refractivity contribution in [1.82, 2.24) is 0 Å². The van der Waals surface area contributed by atoms with Crippen LogP contribution in [0.1, 0.15) is 10.4 Å². The third-order valence-corrected chi connectivity index (χ3v) is 3.45. The van der Waals surface area contributed by atoms with Gasteiger partial charge in [0.25, 0.3) is 0 Å². The predicted molar refractivity (Wildman–Crippen MR) is 85.1 cm³/mol. The zero-order chi connectivity index (χ0) is 13.2. The SMILES string of the molecule is CN1CN(CC(=O)c2ccccc2)c2ccccc21.Cl. The van der Waals surface area contributed by atoms with E-state index in [0.29, 0.717) is 6.54 Å². The molecule has 20 heavy (non-hydrogen) atoms. The number of anilines is 2. The van der Waals surface area contributed by atoms with E-state index in [-0.39, 0.29) is 18.2 Å². The second-order valence-electron chi connectivity index (χ2n) is 4.82. The first-order chi connectivity index (χ1) is 9.25. The Morgan fingerprint density at radius 1 is 1.00 bits per heavy atom. The minimum absolute atomic E-state index is 0. The number of para-hydroxylation sites is 2. The van der Waals surface area contributed by atoms with Gasteiger partial charge < -0.3 is 9.80 Å². The number of Topliss-reactive ketones (excluding diaryl/α,β-unsaturated/α-hetero) is 1. The number of hydrogen-bond donors (Lipinski definition) is 0. The van der Waals surface area contributed by atoms with E-state index in [9.17, 15) is 4.79 Å². The number of carbonyl (C=O) groups excluding carboxylic acids is 1. The van der Waals surface area contributed by atoms with Crippen molar-refractivity contribution in [3.63, 3.8) is 0 Å². The Hall–Kier alpha value is -2.00. The van der Waals surface area contributed by atoms with Crippen LogP contribution in [0.2, 0.25) is 0 Å². The lowest BCUT2D eigenvalue weighted by Gasteiger charge is -2.18. The summed E-state index contributed by atoms with van der Waals surface area (Å²) in [6, 6.07) is 17.7. The summed E-state index contributed by atoms with van der Waals surface area (Å²) in [6.07, 6.45) is 0. The van der Waals surface area contributed by atoms with Crippen LogP contribution in [-0.2, 0) is 0 Å². The predicted octanol–water partition coefficient (Wildman–Crippen LogP) is 3.21. The van der Waals surface area contributed by atoms with Crippen molar-refractivity contribution >= 4 is 29.6 Å². The molecule has 3 nitrogen and oxygen atoms in total. The van der Waals surface area contributed by atoms with Crippen LogP contribution in [0.15, 0.2) is 54.6 Å². The number of fused-ring (bicyclic) bond motifs is 1. The minimum Gasteiger partial charge on any atom is -0.355 e. The Balaban J connectivity index is 0.00000147. The third-order valence-electron chi connectivity index (χ3n) is 3.45. The van der Waals surface area contributed by atoms with E-state index in [4.69, 9.17) is 0 Å². The largest absolute Gasteiger partial charge is 0.355 e. The first-order valence-corrected chi connectivity index (χ1v) is 6.39. The summed E-state index contributed by atoms with van der Waals surface area (Å²) in [5, 5.41) is 0. The van der Waals surface area contributed by atoms with Gasteiger partial charge in [-0.2, -0.15) is 0 Å². The van der Waals surface area contributed by atoms with E-state index < -0.39 is 0 Å². The van der Waals surface area contributed by atoms with Gasteiger partial charge in [-0.25, -0.2) is 0 Å². The van der Waals surface area contributed by atoms with Crippen molar-refractivity contribution < 1.29 is 4.79 Å². The first-order valence-electron chi connectivity index (χ1n) is 6.39. The molecule has 1 aliphatic heterocycles. The molecule has 0 fully saturated rings. The molecule has 3 rings (SSSR count). The van der Waals surface area contributed by atoms with Crippen LogP contribution in [0, 0.1) is 0 Å². The number of rotatable bonds is 3. The molecule has 0 unspecified atom stereocenters. The average Bonchev–Trinajstić information content (AvgIpc) is 2.77. The molecule has 4 heteroatoms. The fourth-order valence-electron chi connectivity index (χ4n) is 2.49. The second kappa shape index (κ2) is 5.97. The van der Waals surface area contributed by atoms with Gasteiger partial charge in [0, 0.05) is 12.6 Å². The van der Waals surface area contributed by atoms with E-state index in [1.165, 1.54) is 5.69 Å². The molecule has 1 aliphatic rings. The van der Waals surface area contributed by atoms with E-state index in [0.717, 1.165) is 17.9 Å². The number of benzene rings is 2. The molecule has 0 bridgehead atoms. The molecular formula is C16H17ClN2O. The fourth-order valence-corrected chi connectivity index (χ4v) is 2.49. The van der Waals surface area contributed by atoms with Gasteiger partial charge in [-0.05, 0) is 12.1 Å².